The molecule has 148 valence electrons. The van der Waals surface area contributed by atoms with E-state index >= 15 is 0 Å². The molecule has 0 bridgehead atoms. The van der Waals surface area contributed by atoms with Crippen molar-refractivity contribution in [1.29, 1.82) is 0 Å². The zero-order valence-corrected chi connectivity index (χ0v) is 16.5. The first-order chi connectivity index (χ1) is 13.7. The van der Waals surface area contributed by atoms with Crippen LogP contribution in [0.25, 0.3) is 0 Å². The van der Waals surface area contributed by atoms with E-state index in [-0.39, 0.29) is 18.9 Å². The van der Waals surface area contributed by atoms with E-state index in [0.717, 1.165) is 36.1 Å². The molecule has 2 aromatic rings. The van der Waals surface area contributed by atoms with Crippen LogP contribution in [0.5, 0.6) is 23.0 Å². The standard InChI is InChI=1S/C23H27NO4/c1-15-22(16-6-8-17(25-2)9-7-16)18-12-20-21(27-14-26-20)13-19(18)28-23(15)24-10-4-3-5-11-24/h6-9,12-13,15,22-23H,3-5,10-11,14H2,1-2H3/t15-,22+,23-/m0/s1. The molecule has 1 saturated heterocycles. The first kappa shape index (κ1) is 17.7. The number of rotatable bonds is 3. The van der Waals surface area contributed by atoms with Gasteiger partial charge < -0.3 is 18.9 Å². The Morgan fingerprint density at radius 2 is 1.64 bits per heavy atom. The number of benzene rings is 2. The lowest BCUT2D eigenvalue weighted by Gasteiger charge is -2.44. The molecule has 0 aromatic heterocycles. The molecule has 0 N–H and O–H groups in total. The summed E-state index contributed by atoms with van der Waals surface area (Å²) >= 11 is 0. The van der Waals surface area contributed by atoms with Gasteiger partial charge in [0.2, 0.25) is 6.79 Å². The molecule has 0 saturated carbocycles. The summed E-state index contributed by atoms with van der Waals surface area (Å²) in [6.07, 6.45) is 3.87. The monoisotopic (exact) mass is 381 g/mol. The zero-order chi connectivity index (χ0) is 19.1. The lowest BCUT2D eigenvalue weighted by Crippen LogP contribution is -2.50. The lowest BCUT2D eigenvalue weighted by atomic mass is 9.78. The number of fused-ring (bicyclic) bond motifs is 2. The molecule has 5 rings (SSSR count). The molecule has 3 aliphatic heterocycles. The fourth-order valence-electron chi connectivity index (χ4n) is 4.84. The van der Waals surface area contributed by atoms with Crippen molar-refractivity contribution in [2.24, 2.45) is 5.92 Å². The highest BCUT2D eigenvalue weighted by Crippen LogP contribution is 2.50. The summed E-state index contributed by atoms with van der Waals surface area (Å²) in [4.78, 5) is 2.51. The second kappa shape index (κ2) is 7.21. The molecule has 3 heterocycles. The lowest BCUT2D eigenvalue weighted by molar-refractivity contribution is -0.0403. The van der Waals surface area contributed by atoms with E-state index in [1.807, 2.05) is 18.2 Å². The molecule has 3 aliphatic rings. The van der Waals surface area contributed by atoms with Gasteiger partial charge in [-0.15, -0.1) is 0 Å². The summed E-state index contributed by atoms with van der Waals surface area (Å²) in [6.45, 7) is 4.78. The van der Waals surface area contributed by atoms with Gasteiger partial charge in [0.25, 0.3) is 0 Å². The highest BCUT2D eigenvalue weighted by molar-refractivity contribution is 5.56. The smallest absolute Gasteiger partial charge is 0.231 e. The van der Waals surface area contributed by atoms with Crippen molar-refractivity contribution in [1.82, 2.24) is 4.90 Å². The van der Waals surface area contributed by atoms with Crippen LogP contribution in [-0.2, 0) is 0 Å². The van der Waals surface area contributed by atoms with Gasteiger partial charge in [-0.25, -0.2) is 0 Å². The van der Waals surface area contributed by atoms with Gasteiger partial charge in [0.1, 0.15) is 11.5 Å². The Labute approximate surface area is 166 Å². The molecule has 0 aliphatic carbocycles. The summed E-state index contributed by atoms with van der Waals surface area (Å²) in [5.41, 5.74) is 2.45. The van der Waals surface area contributed by atoms with Crippen molar-refractivity contribution in [3.05, 3.63) is 47.5 Å². The molecule has 28 heavy (non-hydrogen) atoms. The van der Waals surface area contributed by atoms with Gasteiger partial charge in [-0.1, -0.05) is 25.5 Å². The second-order valence-electron chi connectivity index (χ2n) is 7.96. The molecule has 3 atom stereocenters. The van der Waals surface area contributed by atoms with Crippen LogP contribution in [-0.4, -0.2) is 38.1 Å². The topological polar surface area (TPSA) is 40.2 Å². The van der Waals surface area contributed by atoms with E-state index in [2.05, 4.69) is 30.0 Å². The van der Waals surface area contributed by atoms with Crippen LogP contribution in [0, 0.1) is 5.92 Å². The van der Waals surface area contributed by atoms with E-state index < -0.39 is 0 Å². The van der Waals surface area contributed by atoms with E-state index in [4.69, 9.17) is 18.9 Å². The number of ether oxygens (including phenoxy) is 4. The van der Waals surface area contributed by atoms with Gasteiger partial charge in [0, 0.05) is 36.6 Å². The predicted molar refractivity (Wildman–Crippen MR) is 106 cm³/mol. The molecule has 0 amide bonds. The van der Waals surface area contributed by atoms with Crippen molar-refractivity contribution in [3.63, 3.8) is 0 Å². The van der Waals surface area contributed by atoms with Crippen LogP contribution in [0.3, 0.4) is 0 Å². The fraction of sp³-hybridized carbons (Fsp3) is 0.478. The first-order valence-corrected chi connectivity index (χ1v) is 10.2. The maximum absolute atomic E-state index is 6.57. The molecule has 5 heteroatoms. The molecule has 2 aromatic carbocycles. The second-order valence-corrected chi connectivity index (χ2v) is 7.96. The number of likely N-dealkylation sites (tertiary alicyclic amines) is 1. The van der Waals surface area contributed by atoms with Gasteiger partial charge in [-0.05, 0) is 36.6 Å². The number of hydrogen-bond donors (Lipinski definition) is 0. The van der Waals surface area contributed by atoms with Crippen LogP contribution in [0.15, 0.2) is 36.4 Å². The van der Waals surface area contributed by atoms with E-state index in [1.165, 1.54) is 30.4 Å². The van der Waals surface area contributed by atoms with Gasteiger partial charge in [-0.2, -0.15) is 0 Å². The quantitative estimate of drug-likeness (QED) is 0.788. The molecular weight excluding hydrogens is 354 g/mol. The first-order valence-electron chi connectivity index (χ1n) is 10.2. The molecular formula is C23H27NO4. The summed E-state index contributed by atoms with van der Waals surface area (Å²) in [7, 11) is 1.70. The average molecular weight is 381 g/mol. The Kier molecular flexibility index (Phi) is 4.55. The Balaban J connectivity index is 1.58. The van der Waals surface area contributed by atoms with Gasteiger partial charge >= 0.3 is 0 Å². The number of hydrogen-bond acceptors (Lipinski definition) is 5. The summed E-state index contributed by atoms with van der Waals surface area (Å²) < 4.78 is 23.2. The largest absolute Gasteiger partial charge is 0.497 e. The van der Waals surface area contributed by atoms with Gasteiger partial charge in [0.05, 0.1) is 7.11 Å². The predicted octanol–water partition coefficient (Wildman–Crippen LogP) is 4.40. The molecule has 0 unspecified atom stereocenters. The minimum atomic E-state index is 0.0697. The maximum atomic E-state index is 6.57. The highest BCUT2D eigenvalue weighted by Gasteiger charge is 2.41. The maximum Gasteiger partial charge on any atom is 0.231 e. The molecule has 5 nitrogen and oxygen atoms in total. The van der Waals surface area contributed by atoms with Crippen LogP contribution in [0.4, 0.5) is 0 Å². The average Bonchev–Trinajstić information content (AvgIpc) is 3.20. The molecule has 1 fully saturated rings. The van der Waals surface area contributed by atoms with E-state index in [0.29, 0.717) is 5.92 Å². The normalized spacial score (nSPS) is 26.4. The van der Waals surface area contributed by atoms with Crippen LogP contribution >= 0.6 is 0 Å². The van der Waals surface area contributed by atoms with E-state index in [1.54, 1.807) is 7.11 Å². The Bertz CT molecular complexity index is 844. The highest BCUT2D eigenvalue weighted by atomic mass is 16.7. The number of methoxy groups -OCH3 is 1. The third-order valence-electron chi connectivity index (χ3n) is 6.29. The van der Waals surface area contributed by atoms with Crippen molar-refractivity contribution in [2.45, 2.75) is 38.3 Å². The zero-order valence-electron chi connectivity index (χ0n) is 16.5. The number of nitrogens with zero attached hydrogens (tertiary/aromatic N) is 1. The summed E-state index contributed by atoms with van der Waals surface area (Å²) in [6, 6.07) is 12.5. The SMILES string of the molecule is COc1ccc([C@@H]2c3cc4c(cc3O[C@H](N3CCCCC3)[C@H]2C)OCO4)cc1. The Hall–Kier alpha value is -2.40. The van der Waals surface area contributed by atoms with Gasteiger partial charge in [-0.3, -0.25) is 4.90 Å². The van der Waals surface area contributed by atoms with Crippen LogP contribution < -0.4 is 18.9 Å². The van der Waals surface area contributed by atoms with Crippen molar-refractivity contribution in [3.8, 4) is 23.0 Å². The van der Waals surface area contributed by atoms with Crippen molar-refractivity contribution in [2.75, 3.05) is 27.0 Å². The minimum absolute atomic E-state index is 0.0697. The van der Waals surface area contributed by atoms with Crippen molar-refractivity contribution >= 4 is 0 Å². The van der Waals surface area contributed by atoms with Gasteiger partial charge in [0.15, 0.2) is 17.7 Å². The third kappa shape index (κ3) is 2.98. The summed E-state index contributed by atoms with van der Waals surface area (Å²) in [5, 5.41) is 0. The van der Waals surface area contributed by atoms with Crippen molar-refractivity contribution < 1.29 is 18.9 Å². The Morgan fingerprint density at radius 3 is 2.36 bits per heavy atom. The Morgan fingerprint density at radius 1 is 0.929 bits per heavy atom. The van der Waals surface area contributed by atoms with Crippen LogP contribution in [0.1, 0.15) is 43.2 Å². The third-order valence-corrected chi connectivity index (χ3v) is 6.29. The molecule has 0 spiro atoms. The number of piperidine rings is 1. The molecule has 0 radical (unpaired) electrons. The van der Waals surface area contributed by atoms with Crippen LogP contribution in [0.2, 0.25) is 0 Å². The fourth-order valence-corrected chi connectivity index (χ4v) is 4.84. The van der Waals surface area contributed by atoms with E-state index in [9.17, 15) is 0 Å². The summed E-state index contributed by atoms with van der Waals surface area (Å²) in [5.74, 6) is 3.93. The minimum Gasteiger partial charge on any atom is -0.497 e.